The van der Waals surface area contributed by atoms with Crippen LogP contribution >= 0.6 is 0 Å². The van der Waals surface area contributed by atoms with Crippen molar-refractivity contribution in [2.75, 3.05) is 39.3 Å². The predicted molar refractivity (Wildman–Crippen MR) is 144 cm³/mol. The summed E-state index contributed by atoms with van der Waals surface area (Å²) in [6.07, 6.45) is 0.660. The van der Waals surface area contributed by atoms with Crippen LogP contribution in [-0.2, 0) is 11.2 Å². The number of carbonyl (C=O) groups excluding carboxylic acids is 2. The van der Waals surface area contributed by atoms with Crippen LogP contribution in [0.5, 0.6) is 23.0 Å². The second-order valence-electron chi connectivity index (χ2n) is 9.18. The van der Waals surface area contributed by atoms with Crippen LogP contribution in [0.15, 0.2) is 54.6 Å². The van der Waals surface area contributed by atoms with Gasteiger partial charge in [-0.1, -0.05) is 18.2 Å². The summed E-state index contributed by atoms with van der Waals surface area (Å²) in [6.45, 7) is 5.33. The topological polar surface area (TPSA) is 86.3 Å². The molecule has 0 saturated heterocycles. The summed E-state index contributed by atoms with van der Waals surface area (Å²) < 4.78 is 22.6. The lowest BCUT2D eigenvalue weighted by molar-refractivity contribution is -0.119. The summed E-state index contributed by atoms with van der Waals surface area (Å²) in [5, 5.41) is 3.06. The summed E-state index contributed by atoms with van der Waals surface area (Å²) in [7, 11) is 3.12. The molecule has 0 aliphatic carbocycles. The SMILES string of the molecule is CCOc1cc2c(cc1OCC)[C@@H]1[C@@H](C(=O)Nc3ccc(OC)cc3OC)c3ccccc3C(=O)N1CC2. The normalized spacial score (nSPS) is 17.6. The Bertz CT molecular complexity index is 1370. The first kappa shape index (κ1) is 25.4. The van der Waals surface area contributed by atoms with Crippen molar-refractivity contribution in [2.45, 2.75) is 32.2 Å². The minimum atomic E-state index is -0.651. The molecule has 2 heterocycles. The van der Waals surface area contributed by atoms with Crippen molar-refractivity contribution >= 4 is 17.5 Å². The van der Waals surface area contributed by atoms with Crippen molar-refractivity contribution in [3.05, 3.63) is 76.9 Å². The average Bonchev–Trinajstić information content (AvgIpc) is 2.94. The van der Waals surface area contributed by atoms with E-state index in [-0.39, 0.29) is 11.8 Å². The summed E-state index contributed by atoms with van der Waals surface area (Å²) in [5.74, 6) is 1.43. The Morgan fingerprint density at radius 1 is 0.921 bits per heavy atom. The summed E-state index contributed by atoms with van der Waals surface area (Å²) >= 11 is 0. The summed E-state index contributed by atoms with van der Waals surface area (Å²) in [4.78, 5) is 29.6. The number of rotatable bonds is 8. The van der Waals surface area contributed by atoms with E-state index in [0.29, 0.717) is 66.0 Å². The molecule has 0 spiro atoms. The van der Waals surface area contributed by atoms with E-state index in [1.54, 1.807) is 38.5 Å². The van der Waals surface area contributed by atoms with Crippen molar-refractivity contribution in [2.24, 2.45) is 0 Å². The summed E-state index contributed by atoms with van der Waals surface area (Å²) in [6, 6.07) is 16.0. The zero-order valence-corrected chi connectivity index (χ0v) is 22.1. The van der Waals surface area contributed by atoms with Crippen LogP contribution in [0.4, 0.5) is 5.69 Å². The first-order chi connectivity index (χ1) is 18.5. The average molecular weight is 517 g/mol. The van der Waals surface area contributed by atoms with Gasteiger partial charge in [0.15, 0.2) is 11.5 Å². The Morgan fingerprint density at radius 2 is 1.66 bits per heavy atom. The highest BCUT2D eigenvalue weighted by molar-refractivity contribution is 6.05. The van der Waals surface area contributed by atoms with E-state index in [9.17, 15) is 9.59 Å². The molecule has 1 N–H and O–H groups in total. The number of hydrogen-bond acceptors (Lipinski definition) is 6. The molecular weight excluding hydrogens is 484 g/mol. The van der Waals surface area contributed by atoms with Gasteiger partial charge in [0.05, 0.1) is 45.1 Å². The number of ether oxygens (including phenoxy) is 4. The van der Waals surface area contributed by atoms with Crippen molar-refractivity contribution in [1.29, 1.82) is 0 Å². The fourth-order valence-corrected chi connectivity index (χ4v) is 5.47. The van der Waals surface area contributed by atoms with Crippen LogP contribution in [0.25, 0.3) is 0 Å². The van der Waals surface area contributed by atoms with Crippen molar-refractivity contribution in [3.63, 3.8) is 0 Å². The van der Waals surface area contributed by atoms with Crippen LogP contribution in [-0.4, -0.2) is 50.7 Å². The molecule has 2 aliphatic rings. The van der Waals surface area contributed by atoms with Gasteiger partial charge < -0.3 is 29.2 Å². The van der Waals surface area contributed by atoms with Gasteiger partial charge >= 0.3 is 0 Å². The van der Waals surface area contributed by atoms with Crippen LogP contribution in [0.2, 0.25) is 0 Å². The van der Waals surface area contributed by atoms with Gasteiger partial charge in [0, 0.05) is 18.2 Å². The predicted octanol–water partition coefficient (Wildman–Crippen LogP) is 4.98. The highest BCUT2D eigenvalue weighted by Gasteiger charge is 2.46. The molecule has 38 heavy (non-hydrogen) atoms. The van der Waals surface area contributed by atoms with E-state index in [2.05, 4.69) is 5.32 Å². The van der Waals surface area contributed by atoms with Gasteiger partial charge in [-0.25, -0.2) is 0 Å². The first-order valence-electron chi connectivity index (χ1n) is 12.9. The molecule has 0 bridgehead atoms. The highest BCUT2D eigenvalue weighted by Crippen LogP contribution is 2.49. The molecule has 3 aromatic rings. The molecule has 2 aliphatic heterocycles. The molecule has 0 aromatic heterocycles. The number of hydrogen-bond donors (Lipinski definition) is 1. The summed E-state index contributed by atoms with van der Waals surface area (Å²) in [5.41, 5.74) is 3.71. The Balaban J connectivity index is 1.63. The molecule has 0 radical (unpaired) electrons. The Labute approximate surface area is 222 Å². The lowest BCUT2D eigenvalue weighted by Crippen LogP contribution is -2.49. The van der Waals surface area contributed by atoms with Crippen LogP contribution < -0.4 is 24.3 Å². The first-order valence-corrected chi connectivity index (χ1v) is 12.9. The van der Waals surface area contributed by atoms with Gasteiger partial charge in [0.2, 0.25) is 5.91 Å². The van der Waals surface area contributed by atoms with E-state index >= 15 is 0 Å². The van der Waals surface area contributed by atoms with E-state index in [1.165, 1.54) is 0 Å². The monoisotopic (exact) mass is 516 g/mol. The van der Waals surface area contributed by atoms with Gasteiger partial charge in [-0.15, -0.1) is 0 Å². The van der Waals surface area contributed by atoms with Crippen molar-refractivity contribution in [1.82, 2.24) is 4.90 Å². The van der Waals surface area contributed by atoms with Gasteiger partial charge in [-0.05, 0) is 67.3 Å². The van der Waals surface area contributed by atoms with Crippen LogP contribution in [0.3, 0.4) is 0 Å². The van der Waals surface area contributed by atoms with E-state index in [0.717, 1.165) is 11.1 Å². The fraction of sp³-hybridized carbons (Fsp3) is 0.333. The van der Waals surface area contributed by atoms with Gasteiger partial charge in [-0.2, -0.15) is 0 Å². The number of amides is 2. The maximum atomic E-state index is 14.1. The van der Waals surface area contributed by atoms with E-state index in [1.807, 2.05) is 49.1 Å². The third-order valence-electron chi connectivity index (χ3n) is 7.13. The number of anilines is 1. The smallest absolute Gasteiger partial charge is 0.254 e. The molecule has 0 saturated carbocycles. The lowest BCUT2D eigenvalue weighted by Gasteiger charge is -2.45. The fourth-order valence-electron chi connectivity index (χ4n) is 5.47. The molecule has 198 valence electrons. The lowest BCUT2D eigenvalue weighted by atomic mass is 9.75. The third-order valence-corrected chi connectivity index (χ3v) is 7.13. The zero-order chi connectivity index (χ0) is 26.8. The number of carbonyl (C=O) groups is 2. The second kappa shape index (κ2) is 10.7. The van der Waals surface area contributed by atoms with Gasteiger partial charge in [-0.3, -0.25) is 9.59 Å². The molecule has 3 aromatic carbocycles. The molecule has 0 unspecified atom stereocenters. The van der Waals surface area contributed by atoms with Crippen molar-refractivity contribution < 1.29 is 28.5 Å². The number of methoxy groups -OCH3 is 2. The Morgan fingerprint density at radius 3 is 2.37 bits per heavy atom. The standard InChI is InChI=1S/C30H32N2O6/c1-5-37-25-15-18-13-14-32-28(22(18)17-26(25)38-6-2)27(20-9-7-8-10-21(20)30(32)34)29(33)31-23-12-11-19(35-3)16-24(23)36-4/h7-12,15-17,27-28H,5-6,13-14H2,1-4H3,(H,31,33)/t27-,28+/m0/s1. The molecule has 8 nitrogen and oxygen atoms in total. The number of nitrogens with zero attached hydrogens (tertiary/aromatic N) is 1. The molecule has 2 amide bonds. The molecule has 2 atom stereocenters. The Hall–Kier alpha value is -4.20. The maximum Gasteiger partial charge on any atom is 0.254 e. The number of fused-ring (bicyclic) bond motifs is 4. The van der Waals surface area contributed by atoms with Crippen LogP contribution in [0.1, 0.15) is 52.9 Å². The van der Waals surface area contributed by atoms with E-state index in [4.69, 9.17) is 18.9 Å². The van der Waals surface area contributed by atoms with Crippen molar-refractivity contribution in [3.8, 4) is 23.0 Å². The van der Waals surface area contributed by atoms with E-state index < -0.39 is 12.0 Å². The highest BCUT2D eigenvalue weighted by atomic mass is 16.5. The largest absolute Gasteiger partial charge is 0.497 e. The molecule has 0 fully saturated rings. The molecule has 5 rings (SSSR count). The van der Waals surface area contributed by atoms with Crippen LogP contribution in [0, 0.1) is 0 Å². The molecule has 8 heteroatoms. The number of benzene rings is 3. The third kappa shape index (κ3) is 4.40. The minimum absolute atomic E-state index is 0.0748. The van der Waals surface area contributed by atoms with Gasteiger partial charge in [0.1, 0.15) is 11.5 Å². The molecular formula is C30H32N2O6. The second-order valence-corrected chi connectivity index (χ2v) is 9.18. The number of nitrogens with one attached hydrogen (secondary N) is 1. The minimum Gasteiger partial charge on any atom is -0.497 e. The zero-order valence-electron chi connectivity index (χ0n) is 22.1. The maximum absolute atomic E-state index is 14.1. The van der Waals surface area contributed by atoms with Gasteiger partial charge in [0.25, 0.3) is 5.91 Å². The quantitative estimate of drug-likeness (QED) is 0.455. The Kier molecular flexibility index (Phi) is 7.13.